The first kappa shape index (κ1) is 14.9. The maximum absolute atomic E-state index is 3.49. The zero-order chi connectivity index (χ0) is 17.3. The van der Waals surface area contributed by atoms with Gasteiger partial charge in [-0.15, -0.1) is 0 Å². The van der Waals surface area contributed by atoms with Crippen LogP contribution in [0.5, 0.6) is 0 Å². The Morgan fingerprint density at radius 2 is 1.23 bits per heavy atom. The van der Waals surface area contributed by atoms with Crippen LogP contribution in [-0.4, -0.2) is 0 Å². The normalized spacial score (nSPS) is 11.1. The van der Waals surface area contributed by atoms with Gasteiger partial charge in [0, 0.05) is 0 Å². The van der Waals surface area contributed by atoms with Crippen molar-refractivity contribution < 1.29 is 0 Å². The molecule has 5 rings (SSSR count). The van der Waals surface area contributed by atoms with Crippen LogP contribution in [0.15, 0.2) is 103 Å². The first-order chi connectivity index (χ1) is 12.9. The lowest BCUT2D eigenvalue weighted by Gasteiger charge is -2.13. The zero-order valence-corrected chi connectivity index (χ0v) is 14.3. The summed E-state index contributed by atoms with van der Waals surface area (Å²) >= 11 is 0. The van der Waals surface area contributed by atoms with Gasteiger partial charge in [0.25, 0.3) is 0 Å². The van der Waals surface area contributed by atoms with Gasteiger partial charge in [0.15, 0.2) is 0 Å². The number of fused-ring (bicyclic) bond motifs is 2. The molecule has 0 aromatic heterocycles. The molecule has 0 spiro atoms. The summed E-state index contributed by atoms with van der Waals surface area (Å²) in [6.07, 6.45) is 0. The molecule has 0 unspecified atom stereocenters. The number of benzene rings is 5. The third-order valence-electron chi connectivity index (χ3n) is 4.98. The van der Waals surface area contributed by atoms with E-state index in [0.717, 1.165) is 5.56 Å². The Labute approximate surface area is 153 Å². The third kappa shape index (κ3) is 2.48. The molecular formula is C26H17. The topological polar surface area (TPSA) is 0 Å². The summed E-state index contributed by atoms with van der Waals surface area (Å²) in [5.74, 6) is 0. The minimum Gasteiger partial charge on any atom is -0.0616 e. The Balaban J connectivity index is 1.76. The van der Waals surface area contributed by atoms with Crippen molar-refractivity contribution in [3.8, 4) is 22.3 Å². The lowest BCUT2D eigenvalue weighted by molar-refractivity contribution is 1.60. The Hall–Kier alpha value is -3.38. The molecule has 0 atom stereocenters. The van der Waals surface area contributed by atoms with Gasteiger partial charge in [-0.2, -0.15) is 0 Å². The van der Waals surface area contributed by atoms with Crippen LogP contribution in [-0.2, 0) is 0 Å². The molecule has 0 fully saturated rings. The second-order valence-electron chi connectivity index (χ2n) is 6.55. The SMILES string of the molecule is [c]1cccc(-c2ccc3ccccc3c2)c1-c1cccc2ccccc12. The molecule has 0 bridgehead atoms. The quantitative estimate of drug-likeness (QED) is 0.323. The smallest absolute Gasteiger partial charge is 0.00204 e. The van der Waals surface area contributed by atoms with E-state index < -0.39 is 0 Å². The van der Waals surface area contributed by atoms with Gasteiger partial charge in [0.2, 0.25) is 0 Å². The van der Waals surface area contributed by atoms with E-state index in [2.05, 4.69) is 103 Å². The van der Waals surface area contributed by atoms with Crippen molar-refractivity contribution in [1.29, 1.82) is 0 Å². The minimum absolute atomic E-state index is 1.15. The van der Waals surface area contributed by atoms with Crippen molar-refractivity contribution in [1.82, 2.24) is 0 Å². The predicted octanol–water partition coefficient (Wildman–Crippen LogP) is 7.13. The van der Waals surface area contributed by atoms with Gasteiger partial charge in [-0.25, -0.2) is 0 Å². The summed E-state index contributed by atoms with van der Waals surface area (Å²) in [6, 6.07) is 40.0. The van der Waals surface area contributed by atoms with E-state index in [9.17, 15) is 0 Å². The molecule has 0 amide bonds. The maximum Gasteiger partial charge on any atom is -0.00204 e. The third-order valence-corrected chi connectivity index (χ3v) is 4.98. The van der Waals surface area contributed by atoms with Crippen LogP contribution in [0.25, 0.3) is 43.8 Å². The van der Waals surface area contributed by atoms with Crippen LogP contribution in [0.1, 0.15) is 0 Å². The van der Waals surface area contributed by atoms with Gasteiger partial charge >= 0.3 is 0 Å². The number of hydrogen-bond acceptors (Lipinski definition) is 0. The number of hydrogen-bond donors (Lipinski definition) is 0. The van der Waals surface area contributed by atoms with Gasteiger partial charge in [-0.1, -0.05) is 97.1 Å². The number of rotatable bonds is 2. The largest absolute Gasteiger partial charge is 0.0616 e. The average molecular weight is 329 g/mol. The van der Waals surface area contributed by atoms with Gasteiger partial charge in [-0.3, -0.25) is 0 Å². The standard InChI is InChI=1S/C26H17/c1-2-10-21-18-22(17-16-19(21)8-1)24-13-5-6-14-25(24)26-15-7-11-20-9-3-4-12-23(20)26/h1-13,15-18H. The van der Waals surface area contributed by atoms with Gasteiger partial charge in [0.1, 0.15) is 0 Å². The fraction of sp³-hybridized carbons (Fsp3) is 0. The fourth-order valence-corrected chi connectivity index (χ4v) is 3.70. The molecule has 0 aliphatic heterocycles. The zero-order valence-electron chi connectivity index (χ0n) is 14.3. The molecule has 0 saturated heterocycles. The Morgan fingerprint density at radius 1 is 0.500 bits per heavy atom. The van der Waals surface area contributed by atoms with Crippen molar-refractivity contribution in [3.63, 3.8) is 0 Å². The summed E-state index contributed by atoms with van der Waals surface area (Å²) in [5.41, 5.74) is 4.82. The molecule has 0 N–H and O–H groups in total. The summed E-state index contributed by atoms with van der Waals surface area (Å²) in [6.45, 7) is 0. The van der Waals surface area contributed by atoms with E-state index in [1.807, 2.05) is 6.07 Å². The van der Waals surface area contributed by atoms with Crippen LogP contribution >= 0.6 is 0 Å². The molecule has 0 heterocycles. The van der Waals surface area contributed by atoms with Gasteiger partial charge in [0.05, 0.1) is 0 Å². The highest BCUT2D eigenvalue weighted by atomic mass is 14.1. The molecular weight excluding hydrogens is 312 g/mol. The van der Waals surface area contributed by atoms with E-state index in [1.165, 1.54) is 38.2 Å². The predicted molar refractivity (Wildman–Crippen MR) is 111 cm³/mol. The van der Waals surface area contributed by atoms with Crippen molar-refractivity contribution in [2.24, 2.45) is 0 Å². The monoisotopic (exact) mass is 329 g/mol. The van der Waals surface area contributed by atoms with Crippen molar-refractivity contribution in [2.45, 2.75) is 0 Å². The van der Waals surface area contributed by atoms with Crippen LogP contribution in [0.2, 0.25) is 0 Å². The van der Waals surface area contributed by atoms with Crippen molar-refractivity contribution >= 4 is 21.5 Å². The summed E-state index contributed by atoms with van der Waals surface area (Å²) in [5, 5.41) is 5.05. The highest BCUT2D eigenvalue weighted by Crippen LogP contribution is 2.36. The Morgan fingerprint density at radius 3 is 2.15 bits per heavy atom. The van der Waals surface area contributed by atoms with E-state index in [4.69, 9.17) is 0 Å². The van der Waals surface area contributed by atoms with Crippen molar-refractivity contribution in [2.75, 3.05) is 0 Å². The Bertz CT molecular complexity index is 1230. The molecule has 121 valence electrons. The summed E-state index contributed by atoms with van der Waals surface area (Å²) in [7, 11) is 0. The van der Waals surface area contributed by atoms with Crippen LogP contribution in [0.3, 0.4) is 0 Å². The lowest BCUT2D eigenvalue weighted by atomic mass is 9.91. The summed E-state index contributed by atoms with van der Waals surface area (Å²) in [4.78, 5) is 0. The first-order valence-electron chi connectivity index (χ1n) is 8.88. The average Bonchev–Trinajstić information content (AvgIpc) is 2.73. The van der Waals surface area contributed by atoms with E-state index in [0.29, 0.717) is 0 Å². The first-order valence-corrected chi connectivity index (χ1v) is 8.88. The van der Waals surface area contributed by atoms with E-state index in [-0.39, 0.29) is 0 Å². The molecule has 0 aliphatic rings. The lowest BCUT2D eigenvalue weighted by Crippen LogP contribution is -1.87. The highest BCUT2D eigenvalue weighted by molar-refractivity contribution is 6.01. The molecule has 0 nitrogen and oxygen atoms in total. The van der Waals surface area contributed by atoms with Crippen LogP contribution in [0, 0.1) is 6.07 Å². The van der Waals surface area contributed by atoms with E-state index >= 15 is 0 Å². The van der Waals surface area contributed by atoms with Crippen LogP contribution < -0.4 is 0 Å². The van der Waals surface area contributed by atoms with Gasteiger partial charge < -0.3 is 0 Å². The minimum atomic E-state index is 1.15. The molecule has 5 aromatic carbocycles. The van der Waals surface area contributed by atoms with Crippen molar-refractivity contribution in [3.05, 3.63) is 109 Å². The molecule has 26 heavy (non-hydrogen) atoms. The Kier molecular flexibility index (Phi) is 3.54. The molecule has 0 saturated carbocycles. The maximum atomic E-state index is 3.49. The molecule has 1 radical (unpaired) electrons. The van der Waals surface area contributed by atoms with E-state index in [1.54, 1.807) is 0 Å². The second-order valence-corrected chi connectivity index (χ2v) is 6.55. The van der Waals surface area contributed by atoms with Gasteiger partial charge in [-0.05, 0) is 55.9 Å². The summed E-state index contributed by atoms with van der Waals surface area (Å²) < 4.78 is 0. The molecule has 5 aromatic rings. The highest BCUT2D eigenvalue weighted by Gasteiger charge is 2.10. The fourth-order valence-electron chi connectivity index (χ4n) is 3.70. The van der Waals surface area contributed by atoms with Crippen LogP contribution in [0.4, 0.5) is 0 Å². The molecule has 0 aliphatic carbocycles. The molecule has 0 heteroatoms. The second kappa shape index (κ2) is 6.16.